The van der Waals surface area contributed by atoms with Crippen LogP contribution in [-0.2, 0) is 11.3 Å². The molecule has 3 aromatic rings. The number of amides is 1. The van der Waals surface area contributed by atoms with Crippen molar-refractivity contribution >= 4 is 29.3 Å². The van der Waals surface area contributed by atoms with Crippen molar-refractivity contribution in [3.05, 3.63) is 87.5 Å². The number of ketones is 1. The number of benzene rings is 1. The molecule has 8 nitrogen and oxygen atoms in total. The Kier molecular flexibility index (Phi) is 9.48. The number of nitrogens with zero attached hydrogens (tertiary/aromatic N) is 5. The van der Waals surface area contributed by atoms with Crippen LogP contribution in [0.2, 0.25) is 0 Å². The van der Waals surface area contributed by atoms with Gasteiger partial charge in [-0.3, -0.25) is 19.6 Å². The minimum absolute atomic E-state index is 0.109. The molecule has 4 rings (SSSR count). The molecule has 39 heavy (non-hydrogen) atoms. The van der Waals surface area contributed by atoms with E-state index in [0.29, 0.717) is 21.9 Å². The normalized spacial score (nSPS) is 14.9. The van der Waals surface area contributed by atoms with Gasteiger partial charge < -0.3 is 15.1 Å². The van der Waals surface area contributed by atoms with E-state index >= 15 is 0 Å². The number of hydrogen-bond donors (Lipinski definition) is 1. The number of hydrogen-bond acceptors (Lipinski definition) is 8. The Balaban J connectivity index is 1.63. The summed E-state index contributed by atoms with van der Waals surface area (Å²) in [5.74, 6) is 0.0755. The number of carbonyl (C=O) groups excluding carboxylic acids is 2. The summed E-state index contributed by atoms with van der Waals surface area (Å²) < 4.78 is 0. The van der Waals surface area contributed by atoms with Gasteiger partial charge >= 0.3 is 0 Å². The van der Waals surface area contributed by atoms with E-state index < -0.39 is 5.91 Å². The van der Waals surface area contributed by atoms with Gasteiger partial charge in [-0.15, -0.1) is 0 Å². The van der Waals surface area contributed by atoms with E-state index in [1.54, 1.807) is 18.5 Å². The molecule has 1 fully saturated rings. The van der Waals surface area contributed by atoms with Crippen LogP contribution in [0.25, 0.3) is 0 Å². The summed E-state index contributed by atoms with van der Waals surface area (Å²) in [6, 6.07) is 11.6. The Morgan fingerprint density at radius 2 is 1.77 bits per heavy atom. The second kappa shape index (κ2) is 13.0. The first-order valence-electron chi connectivity index (χ1n) is 13.2. The van der Waals surface area contributed by atoms with E-state index in [2.05, 4.69) is 32.1 Å². The van der Waals surface area contributed by atoms with Crippen LogP contribution in [0.3, 0.4) is 0 Å². The first-order chi connectivity index (χ1) is 18.7. The fraction of sp³-hybridized carbons (Fsp3) is 0.367. The van der Waals surface area contributed by atoms with Crippen molar-refractivity contribution in [1.82, 2.24) is 25.2 Å². The first-order valence-corrected chi connectivity index (χ1v) is 14.0. The Labute approximate surface area is 234 Å². The van der Waals surface area contributed by atoms with Gasteiger partial charge in [-0.1, -0.05) is 30.0 Å². The molecule has 0 unspecified atom stereocenters. The molecule has 1 N–H and O–H groups in total. The fourth-order valence-electron chi connectivity index (χ4n) is 4.45. The predicted molar refractivity (Wildman–Crippen MR) is 156 cm³/mol. The Bertz CT molecular complexity index is 1370. The van der Waals surface area contributed by atoms with Gasteiger partial charge in [-0.05, 0) is 71.5 Å². The molecular weight excluding hydrogens is 508 g/mol. The lowest BCUT2D eigenvalue weighted by atomic mass is 10.0. The maximum atomic E-state index is 13.9. The summed E-state index contributed by atoms with van der Waals surface area (Å²) in [5.41, 5.74) is 3.64. The van der Waals surface area contributed by atoms with E-state index in [1.807, 2.05) is 58.0 Å². The second-order valence-electron chi connectivity index (χ2n) is 9.91. The number of allylic oxidation sites excluding steroid dienone is 1. The van der Waals surface area contributed by atoms with E-state index in [9.17, 15) is 9.59 Å². The maximum absolute atomic E-state index is 13.9. The zero-order valence-electron chi connectivity index (χ0n) is 23.3. The molecule has 1 aliphatic rings. The van der Waals surface area contributed by atoms with Crippen molar-refractivity contribution in [2.75, 3.05) is 38.1 Å². The first kappa shape index (κ1) is 28.4. The molecule has 0 atom stereocenters. The lowest BCUT2D eigenvalue weighted by Crippen LogP contribution is -2.30. The lowest BCUT2D eigenvalue weighted by Gasteiger charge is -2.22. The van der Waals surface area contributed by atoms with E-state index in [0.717, 1.165) is 54.6 Å². The van der Waals surface area contributed by atoms with Crippen LogP contribution < -0.4 is 10.2 Å². The van der Waals surface area contributed by atoms with Crippen LogP contribution in [0.15, 0.2) is 64.2 Å². The summed E-state index contributed by atoms with van der Waals surface area (Å²) >= 11 is 1.42. The topological polar surface area (TPSA) is 91.3 Å². The van der Waals surface area contributed by atoms with Crippen molar-refractivity contribution in [3.8, 4) is 0 Å². The number of aromatic nitrogens is 3. The number of aryl methyl sites for hydroxylation is 3. The molecule has 1 aliphatic heterocycles. The Morgan fingerprint density at radius 3 is 2.49 bits per heavy atom. The van der Waals surface area contributed by atoms with Crippen molar-refractivity contribution in [1.29, 1.82) is 0 Å². The number of pyridine rings is 1. The quantitative estimate of drug-likeness (QED) is 0.146. The van der Waals surface area contributed by atoms with Gasteiger partial charge in [0.2, 0.25) is 5.78 Å². The van der Waals surface area contributed by atoms with Crippen LogP contribution in [0.1, 0.15) is 46.3 Å². The Hall–Kier alpha value is -3.56. The second-order valence-corrected chi connectivity index (χ2v) is 11.2. The van der Waals surface area contributed by atoms with Gasteiger partial charge in [0, 0.05) is 41.2 Å². The average Bonchev–Trinajstić information content (AvgIpc) is 3.14. The number of likely N-dealkylation sites (N-methyl/N-ethyl adjacent to an activating group) is 1. The summed E-state index contributed by atoms with van der Waals surface area (Å²) in [6.07, 6.45) is 4.34. The molecular formula is C30H36N6O2S. The van der Waals surface area contributed by atoms with Gasteiger partial charge in [0.05, 0.1) is 35.4 Å². The van der Waals surface area contributed by atoms with Crippen molar-refractivity contribution < 1.29 is 9.59 Å². The van der Waals surface area contributed by atoms with Gasteiger partial charge in [0.15, 0.2) is 0 Å². The summed E-state index contributed by atoms with van der Waals surface area (Å²) in [5, 5.41) is 2.88. The number of rotatable bonds is 8. The average molecular weight is 545 g/mol. The zero-order chi connectivity index (χ0) is 27.9. The highest BCUT2D eigenvalue weighted by Gasteiger charge is 2.26. The third-order valence-electron chi connectivity index (χ3n) is 6.79. The molecule has 0 saturated carbocycles. The van der Waals surface area contributed by atoms with Crippen molar-refractivity contribution in [3.63, 3.8) is 0 Å². The van der Waals surface area contributed by atoms with Crippen molar-refractivity contribution in [2.24, 2.45) is 0 Å². The van der Waals surface area contributed by atoms with Gasteiger partial charge in [0.25, 0.3) is 5.91 Å². The third kappa shape index (κ3) is 7.30. The number of Topliss-reactive ketones (excluding diaryl/α,β-unsaturated/α-hetero) is 1. The molecule has 3 heterocycles. The number of anilines is 1. The molecule has 1 aromatic carbocycles. The predicted octanol–water partition coefficient (Wildman–Crippen LogP) is 4.50. The molecule has 2 aromatic heterocycles. The monoisotopic (exact) mass is 544 g/mol. The molecule has 0 aliphatic carbocycles. The molecule has 0 bridgehead atoms. The smallest absolute Gasteiger partial charge is 0.256 e. The highest BCUT2D eigenvalue weighted by Crippen LogP contribution is 2.32. The molecule has 1 saturated heterocycles. The maximum Gasteiger partial charge on any atom is 0.256 e. The molecule has 204 valence electrons. The van der Waals surface area contributed by atoms with E-state index in [1.165, 1.54) is 11.8 Å². The zero-order valence-corrected chi connectivity index (χ0v) is 24.1. The van der Waals surface area contributed by atoms with Crippen LogP contribution in [0.4, 0.5) is 5.82 Å². The number of thioether (sulfide) groups is 1. The summed E-state index contributed by atoms with van der Waals surface area (Å²) in [4.78, 5) is 47.0. The molecule has 0 spiro atoms. The van der Waals surface area contributed by atoms with E-state index in [4.69, 9.17) is 4.98 Å². The standard InChI is InChI=1S/C30H36N6O2S/c1-20-9-6-7-10-26(20)39-23(4)28(30(38)33-19-24-18-31-21(2)17-32-24)29(37)25-11-12-27(34-22(25)3)36-14-8-13-35(5)15-16-36/h6-7,9-12,17-18H,8,13-16,19H2,1-5H3,(H,33,38)/b28-23-. The van der Waals surface area contributed by atoms with Crippen LogP contribution in [0.5, 0.6) is 0 Å². The molecule has 0 radical (unpaired) electrons. The van der Waals surface area contributed by atoms with Gasteiger partial charge in [-0.2, -0.15) is 0 Å². The summed E-state index contributed by atoms with van der Waals surface area (Å²) in [6.45, 7) is 11.5. The van der Waals surface area contributed by atoms with Crippen molar-refractivity contribution in [2.45, 2.75) is 45.6 Å². The highest BCUT2D eigenvalue weighted by molar-refractivity contribution is 8.03. The molecule has 9 heteroatoms. The third-order valence-corrected chi connectivity index (χ3v) is 7.97. The van der Waals surface area contributed by atoms with Crippen LogP contribution >= 0.6 is 11.8 Å². The minimum atomic E-state index is -0.444. The number of carbonyl (C=O) groups is 2. The lowest BCUT2D eigenvalue weighted by molar-refractivity contribution is -0.117. The van der Waals surface area contributed by atoms with Gasteiger partial charge in [-0.25, -0.2) is 4.98 Å². The van der Waals surface area contributed by atoms with Crippen LogP contribution in [0, 0.1) is 20.8 Å². The van der Waals surface area contributed by atoms with Gasteiger partial charge in [0.1, 0.15) is 5.82 Å². The SMILES string of the molecule is C/C(Sc1ccccc1C)=C(/C(=O)NCc1cnc(C)cn1)C(=O)c1ccc(N2CCCN(C)CC2)nc1C. The molecule has 1 amide bonds. The van der Waals surface area contributed by atoms with Crippen LogP contribution in [-0.4, -0.2) is 64.8 Å². The summed E-state index contributed by atoms with van der Waals surface area (Å²) in [7, 11) is 2.13. The largest absolute Gasteiger partial charge is 0.355 e. The Morgan fingerprint density at radius 1 is 0.974 bits per heavy atom. The fourth-order valence-corrected chi connectivity index (χ4v) is 5.45. The number of nitrogens with one attached hydrogen (secondary N) is 1. The van der Waals surface area contributed by atoms with E-state index in [-0.39, 0.29) is 17.9 Å². The minimum Gasteiger partial charge on any atom is -0.355 e. The highest BCUT2D eigenvalue weighted by atomic mass is 32.2.